The molecule has 3 N–H and O–H groups in total. The number of fused-ring (bicyclic) bond motifs is 1. The van der Waals surface area contributed by atoms with Crippen LogP contribution in [0.5, 0.6) is 0 Å². The Labute approximate surface area is 203 Å². The van der Waals surface area contributed by atoms with Crippen molar-refractivity contribution >= 4 is 34.5 Å². The van der Waals surface area contributed by atoms with E-state index in [-0.39, 0.29) is 25.0 Å². The highest BCUT2D eigenvalue weighted by Crippen LogP contribution is 2.24. The van der Waals surface area contributed by atoms with Crippen LogP contribution in [0.15, 0.2) is 78.9 Å². The van der Waals surface area contributed by atoms with Crippen LogP contribution in [-0.4, -0.2) is 37.3 Å². The number of hydrogen-bond acceptors (Lipinski definition) is 5. The highest BCUT2D eigenvalue weighted by molar-refractivity contribution is 6.35. The molecule has 0 unspecified atom stereocenters. The molecule has 0 fully saturated rings. The summed E-state index contributed by atoms with van der Waals surface area (Å²) in [4.78, 5) is 48.2. The van der Waals surface area contributed by atoms with E-state index >= 15 is 0 Å². The highest BCUT2D eigenvalue weighted by Gasteiger charge is 2.18. The molecule has 0 saturated heterocycles. The van der Waals surface area contributed by atoms with E-state index in [4.69, 9.17) is 0 Å². The summed E-state index contributed by atoms with van der Waals surface area (Å²) in [5.41, 5.74) is 1.98. The summed E-state index contributed by atoms with van der Waals surface area (Å²) in [5.74, 6) is -2.55. The molecule has 0 saturated carbocycles. The topological polar surface area (TPSA) is 114 Å². The molecule has 0 aliphatic carbocycles. The molecule has 0 aliphatic heterocycles. The van der Waals surface area contributed by atoms with Crippen LogP contribution in [0.1, 0.15) is 34.5 Å². The Bertz CT molecular complexity index is 1260. The smallest absolute Gasteiger partial charge is 0.330 e. The van der Waals surface area contributed by atoms with Crippen molar-refractivity contribution in [1.82, 2.24) is 16.0 Å². The minimum absolute atomic E-state index is 0.00348. The van der Waals surface area contributed by atoms with Crippen molar-refractivity contribution in [2.24, 2.45) is 0 Å². The van der Waals surface area contributed by atoms with Crippen molar-refractivity contribution < 1.29 is 23.9 Å². The first-order valence-corrected chi connectivity index (χ1v) is 11.1. The van der Waals surface area contributed by atoms with E-state index in [1.54, 1.807) is 24.3 Å². The number of carbonyl (C=O) groups is 4. The quantitative estimate of drug-likeness (QED) is 0.265. The molecule has 0 spiro atoms. The maximum absolute atomic E-state index is 13.1. The third-order valence-electron chi connectivity index (χ3n) is 5.38. The van der Waals surface area contributed by atoms with Gasteiger partial charge in [0, 0.05) is 24.7 Å². The predicted molar refractivity (Wildman–Crippen MR) is 132 cm³/mol. The van der Waals surface area contributed by atoms with Crippen molar-refractivity contribution in [2.75, 3.05) is 13.7 Å². The van der Waals surface area contributed by atoms with E-state index in [1.807, 2.05) is 49.4 Å². The van der Waals surface area contributed by atoms with Crippen LogP contribution in [0.4, 0.5) is 0 Å². The first-order chi connectivity index (χ1) is 16.9. The summed E-state index contributed by atoms with van der Waals surface area (Å²) < 4.78 is 4.44. The number of nitrogens with one attached hydrogen (secondary N) is 3. The zero-order valence-electron chi connectivity index (χ0n) is 19.5. The number of esters is 1. The molecule has 0 heterocycles. The largest absolute Gasteiger partial charge is 0.466 e. The van der Waals surface area contributed by atoms with Crippen LogP contribution >= 0.6 is 0 Å². The molecule has 3 amide bonds. The molecule has 8 heteroatoms. The van der Waals surface area contributed by atoms with Crippen LogP contribution in [0.3, 0.4) is 0 Å². The number of ether oxygens (including phenoxy) is 1. The van der Waals surface area contributed by atoms with Gasteiger partial charge >= 0.3 is 17.8 Å². The summed E-state index contributed by atoms with van der Waals surface area (Å²) in [5, 5.41) is 10.1. The second-order valence-corrected chi connectivity index (χ2v) is 7.74. The summed E-state index contributed by atoms with van der Waals surface area (Å²) >= 11 is 0. The second kappa shape index (κ2) is 12.1. The van der Waals surface area contributed by atoms with Gasteiger partial charge in [0.25, 0.3) is 5.91 Å². The highest BCUT2D eigenvalue weighted by atomic mass is 16.5. The molecule has 3 aromatic carbocycles. The first kappa shape index (κ1) is 25.2. The van der Waals surface area contributed by atoms with Gasteiger partial charge in [0.15, 0.2) is 0 Å². The molecule has 0 radical (unpaired) electrons. The van der Waals surface area contributed by atoms with Gasteiger partial charge in [-0.05, 0) is 34.9 Å². The first-order valence-electron chi connectivity index (χ1n) is 11.1. The fourth-order valence-electron chi connectivity index (χ4n) is 3.59. The lowest BCUT2D eigenvalue weighted by atomic mass is 9.99. The zero-order valence-corrected chi connectivity index (χ0v) is 19.5. The molecule has 3 rings (SSSR count). The summed E-state index contributed by atoms with van der Waals surface area (Å²) in [6.07, 6.45) is 2.51. The van der Waals surface area contributed by atoms with Gasteiger partial charge in [-0.1, -0.05) is 66.7 Å². The molecule has 0 bridgehead atoms. The van der Waals surface area contributed by atoms with E-state index in [9.17, 15) is 19.2 Å². The lowest BCUT2D eigenvalue weighted by Gasteiger charge is -2.18. The molecule has 35 heavy (non-hydrogen) atoms. The maximum Gasteiger partial charge on any atom is 0.330 e. The number of amides is 3. The number of benzene rings is 3. The Hall–Kier alpha value is -4.46. The van der Waals surface area contributed by atoms with E-state index in [2.05, 4.69) is 20.7 Å². The van der Waals surface area contributed by atoms with Crippen LogP contribution in [0, 0.1) is 0 Å². The zero-order chi connectivity index (χ0) is 25.2. The van der Waals surface area contributed by atoms with Crippen LogP contribution in [-0.2, 0) is 25.7 Å². The number of carbonyl (C=O) groups excluding carboxylic acids is 4. The Morgan fingerprint density at radius 1 is 0.886 bits per heavy atom. The van der Waals surface area contributed by atoms with E-state index in [0.29, 0.717) is 11.1 Å². The van der Waals surface area contributed by atoms with Crippen LogP contribution in [0.25, 0.3) is 10.8 Å². The number of hydrogen-bond donors (Lipinski definition) is 3. The number of rotatable bonds is 8. The lowest BCUT2D eigenvalue weighted by Crippen LogP contribution is -2.40. The fourth-order valence-corrected chi connectivity index (χ4v) is 3.59. The van der Waals surface area contributed by atoms with E-state index < -0.39 is 17.8 Å². The van der Waals surface area contributed by atoms with Crippen molar-refractivity contribution in [3.63, 3.8) is 0 Å². The standard InChI is InChI=1S/C27H27N3O5/c1-18(21-14-7-11-19-9-3-5-12-22(19)21)30-25(32)23-13-6-4-10-20(23)17-29-27(34)26(33)28-16-8-15-24(31)35-2/h3-15,18H,16-17H2,1-2H3,(H,28,33)(H,29,34)(H,30,32)/b15-8-/t18-/m1/s1. The predicted octanol–water partition coefficient (Wildman–Crippen LogP) is 2.79. The SMILES string of the molecule is COC(=O)/C=C\CNC(=O)C(=O)NCc1ccccc1C(=O)N[C@H](C)c1cccc2ccccc12. The molecule has 180 valence electrons. The molecule has 0 aromatic heterocycles. The van der Waals surface area contributed by atoms with Gasteiger partial charge in [-0.25, -0.2) is 4.79 Å². The van der Waals surface area contributed by atoms with E-state index in [0.717, 1.165) is 22.4 Å². The molecular weight excluding hydrogens is 446 g/mol. The Morgan fingerprint density at radius 3 is 2.37 bits per heavy atom. The normalized spacial score (nSPS) is 11.6. The monoisotopic (exact) mass is 473 g/mol. The molecule has 1 atom stereocenters. The average Bonchev–Trinajstić information content (AvgIpc) is 2.89. The number of methoxy groups -OCH3 is 1. The minimum atomic E-state index is -0.856. The van der Waals surface area contributed by atoms with Crippen molar-refractivity contribution in [2.45, 2.75) is 19.5 Å². The van der Waals surface area contributed by atoms with Gasteiger partial charge in [-0.3, -0.25) is 14.4 Å². The minimum Gasteiger partial charge on any atom is -0.466 e. The lowest BCUT2D eigenvalue weighted by molar-refractivity contribution is -0.139. The molecule has 3 aromatic rings. The van der Waals surface area contributed by atoms with Gasteiger partial charge in [0.2, 0.25) is 0 Å². The summed E-state index contributed by atoms with van der Waals surface area (Å²) in [7, 11) is 1.24. The van der Waals surface area contributed by atoms with Gasteiger partial charge in [-0.15, -0.1) is 0 Å². The Morgan fingerprint density at radius 2 is 1.57 bits per heavy atom. The molecule has 8 nitrogen and oxygen atoms in total. The van der Waals surface area contributed by atoms with Gasteiger partial charge < -0.3 is 20.7 Å². The third-order valence-corrected chi connectivity index (χ3v) is 5.38. The Balaban J connectivity index is 1.61. The van der Waals surface area contributed by atoms with Gasteiger partial charge in [0.05, 0.1) is 13.2 Å². The van der Waals surface area contributed by atoms with Crippen LogP contribution < -0.4 is 16.0 Å². The summed E-state index contributed by atoms with van der Waals surface area (Å²) in [6.45, 7) is 1.91. The second-order valence-electron chi connectivity index (χ2n) is 7.74. The van der Waals surface area contributed by atoms with Crippen LogP contribution in [0.2, 0.25) is 0 Å². The molecular formula is C27H27N3O5. The average molecular weight is 474 g/mol. The molecule has 0 aliphatic rings. The van der Waals surface area contributed by atoms with Gasteiger partial charge in [0.1, 0.15) is 0 Å². The van der Waals surface area contributed by atoms with Crippen molar-refractivity contribution in [3.05, 3.63) is 95.6 Å². The summed E-state index contributed by atoms with van der Waals surface area (Å²) in [6, 6.07) is 20.6. The van der Waals surface area contributed by atoms with Gasteiger partial charge in [-0.2, -0.15) is 0 Å². The van der Waals surface area contributed by atoms with Crippen molar-refractivity contribution in [3.8, 4) is 0 Å². The van der Waals surface area contributed by atoms with Crippen molar-refractivity contribution in [1.29, 1.82) is 0 Å². The van der Waals surface area contributed by atoms with E-state index in [1.165, 1.54) is 13.2 Å². The third kappa shape index (κ3) is 6.77. The Kier molecular flexibility index (Phi) is 8.72. The maximum atomic E-state index is 13.1. The fraction of sp³-hybridized carbons (Fsp3) is 0.185.